The number of benzene rings is 1. The van der Waals surface area contributed by atoms with E-state index in [1.54, 1.807) is 0 Å². The van der Waals surface area contributed by atoms with Gasteiger partial charge < -0.3 is 4.90 Å². The summed E-state index contributed by atoms with van der Waals surface area (Å²) in [6, 6.07) is 6.16. The molecule has 1 fully saturated rings. The van der Waals surface area contributed by atoms with Gasteiger partial charge in [-0.25, -0.2) is 0 Å². The van der Waals surface area contributed by atoms with Crippen LogP contribution < -0.4 is 4.90 Å². The van der Waals surface area contributed by atoms with E-state index in [9.17, 15) is 0 Å². The minimum atomic E-state index is 0.631. The molecule has 1 aliphatic rings. The lowest BCUT2D eigenvalue weighted by Crippen LogP contribution is -2.17. The Hall–Kier alpha value is -1.22. The molecule has 15 heavy (non-hydrogen) atoms. The molecule has 0 atom stereocenters. The first-order valence-corrected chi connectivity index (χ1v) is 5.61. The molecule has 0 bridgehead atoms. The molecule has 2 aromatic rings. The predicted octanol–water partition coefficient (Wildman–Crippen LogP) is 2.82. The number of H-pyrrole nitrogens is 1. The molecular formula is C11H12ClN3. The summed E-state index contributed by atoms with van der Waals surface area (Å²) in [6.07, 6.45) is 2.54. The van der Waals surface area contributed by atoms with Crippen LogP contribution in [0.25, 0.3) is 10.9 Å². The summed E-state index contributed by atoms with van der Waals surface area (Å²) in [5, 5.41) is 8.74. The highest BCUT2D eigenvalue weighted by Gasteiger charge is 2.16. The van der Waals surface area contributed by atoms with Crippen LogP contribution in [0.5, 0.6) is 0 Å². The highest BCUT2D eigenvalue weighted by atomic mass is 35.5. The van der Waals surface area contributed by atoms with Crippen LogP contribution in [-0.4, -0.2) is 23.3 Å². The zero-order chi connectivity index (χ0) is 10.3. The second-order valence-corrected chi connectivity index (χ2v) is 4.28. The van der Waals surface area contributed by atoms with Gasteiger partial charge in [-0.15, -0.1) is 0 Å². The van der Waals surface area contributed by atoms with E-state index < -0.39 is 0 Å². The third-order valence-corrected chi connectivity index (χ3v) is 3.25. The highest BCUT2D eigenvalue weighted by Crippen LogP contribution is 2.30. The largest absolute Gasteiger partial charge is 0.370 e. The number of para-hydroxylation sites is 1. The van der Waals surface area contributed by atoms with Crippen molar-refractivity contribution in [3.8, 4) is 0 Å². The van der Waals surface area contributed by atoms with Crippen molar-refractivity contribution in [1.29, 1.82) is 0 Å². The Morgan fingerprint density at radius 2 is 2.07 bits per heavy atom. The third kappa shape index (κ3) is 1.38. The number of halogens is 1. The van der Waals surface area contributed by atoms with Crippen LogP contribution in [0, 0.1) is 0 Å². The molecule has 0 amide bonds. The van der Waals surface area contributed by atoms with Gasteiger partial charge in [0.2, 0.25) is 0 Å². The fourth-order valence-electron chi connectivity index (χ4n) is 2.20. The van der Waals surface area contributed by atoms with Crippen LogP contribution in [0.3, 0.4) is 0 Å². The van der Waals surface area contributed by atoms with Crippen molar-refractivity contribution >= 4 is 28.2 Å². The molecule has 1 aromatic heterocycles. The molecule has 4 heteroatoms. The molecule has 1 saturated heterocycles. The SMILES string of the molecule is Clc1[nH]nc2c(N3CCCC3)cccc12. The molecule has 2 heterocycles. The van der Waals surface area contributed by atoms with Crippen molar-refractivity contribution in [3.63, 3.8) is 0 Å². The Balaban J connectivity index is 2.17. The lowest BCUT2D eigenvalue weighted by atomic mass is 10.2. The van der Waals surface area contributed by atoms with Crippen LogP contribution in [-0.2, 0) is 0 Å². The molecule has 78 valence electrons. The monoisotopic (exact) mass is 221 g/mol. The normalized spacial score (nSPS) is 16.5. The summed E-state index contributed by atoms with van der Waals surface area (Å²) in [4.78, 5) is 2.37. The van der Waals surface area contributed by atoms with Gasteiger partial charge >= 0.3 is 0 Å². The van der Waals surface area contributed by atoms with Crippen molar-refractivity contribution in [2.45, 2.75) is 12.8 Å². The first-order valence-electron chi connectivity index (χ1n) is 5.24. The van der Waals surface area contributed by atoms with Crippen LogP contribution in [0.4, 0.5) is 5.69 Å². The van der Waals surface area contributed by atoms with Crippen molar-refractivity contribution in [2.24, 2.45) is 0 Å². The topological polar surface area (TPSA) is 31.9 Å². The van der Waals surface area contributed by atoms with Crippen LogP contribution in [0.15, 0.2) is 18.2 Å². The van der Waals surface area contributed by atoms with E-state index in [-0.39, 0.29) is 0 Å². The van der Waals surface area contributed by atoms with E-state index in [2.05, 4.69) is 21.2 Å². The molecule has 0 radical (unpaired) electrons. The lowest BCUT2D eigenvalue weighted by molar-refractivity contribution is 0.949. The minimum Gasteiger partial charge on any atom is -0.370 e. The maximum Gasteiger partial charge on any atom is 0.132 e. The van der Waals surface area contributed by atoms with E-state index in [1.165, 1.54) is 18.5 Å². The van der Waals surface area contributed by atoms with Gasteiger partial charge in [0.15, 0.2) is 0 Å². The Morgan fingerprint density at radius 3 is 2.87 bits per heavy atom. The predicted molar refractivity (Wildman–Crippen MR) is 62.6 cm³/mol. The summed E-state index contributed by atoms with van der Waals surface area (Å²) >= 11 is 6.01. The minimum absolute atomic E-state index is 0.631. The van der Waals surface area contributed by atoms with Crippen molar-refractivity contribution in [1.82, 2.24) is 10.2 Å². The van der Waals surface area contributed by atoms with E-state index >= 15 is 0 Å². The quantitative estimate of drug-likeness (QED) is 0.803. The van der Waals surface area contributed by atoms with Gasteiger partial charge in [-0.3, -0.25) is 5.10 Å². The van der Waals surface area contributed by atoms with E-state index in [1.807, 2.05) is 12.1 Å². The van der Waals surface area contributed by atoms with Crippen LogP contribution in [0.2, 0.25) is 5.15 Å². The van der Waals surface area contributed by atoms with Crippen LogP contribution >= 0.6 is 11.6 Å². The summed E-state index contributed by atoms with van der Waals surface area (Å²) in [5.41, 5.74) is 2.19. The molecule has 0 unspecified atom stereocenters. The molecule has 1 N–H and O–H groups in total. The second kappa shape index (κ2) is 3.42. The van der Waals surface area contributed by atoms with E-state index in [0.29, 0.717) is 5.15 Å². The van der Waals surface area contributed by atoms with Crippen LogP contribution in [0.1, 0.15) is 12.8 Å². The van der Waals surface area contributed by atoms with E-state index in [0.717, 1.165) is 24.0 Å². The van der Waals surface area contributed by atoms with Gasteiger partial charge in [0.1, 0.15) is 10.7 Å². The average Bonchev–Trinajstić information content (AvgIpc) is 2.88. The van der Waals surface area contributed by atoms with Crippen molar-refractivity contribution < 1.29 is 0 Å². The number of aromatic amines is 1. The van der Waals surface area contributed by atoms with Gasteiger partial charge in [0.25, 0.3) is 0 Å². The summed E-state index contributed by atoms with van der Waals surface area (Å²) in [7, 11) is 0. The van der Waals surface area contributed by atoms with Crippen molar-refractivity contribution in [3.05, 3.63) is 23.4 Å². The Morgan fingerprint density at radius 1 is 1.27 bits per heavy atom. The highest BCUT2D eigenvalue weighted by molar-refractivity contribution is 6.34. The third-order valence-electron chi connectivity index (χ3n) is 2.96. The van der Waals surface area contributed by atoms with Gasteiger partial charge in [-0.1, -0.05) is 17.7 Å². The fourth-order valence-corrected chi connectivity index (χ4v) is 2.40. The number of anilines is 1. The fraction of sp³-hybridized carbons (Fsp3) is 0.364. The number of nitrogens with zero attached hydrogens (tertiary/aromatic N) is 2. The number of rotatable bonds is 1. The van der Waals surface area contributed by atoms with Crippen molar-refractivity contribution in [2.75, 3.05) is 18.0 Å². The zero-order valence-electron chi connectivity index (χ0n) is 8.33. The zero-order valence-corrected chi connectivity index (χ0v) is 9.09. The number of aromatic nitrogens is 2. The number of hydrogen-bond donors (Lipinski definition) is 1. The smallest absolute Gasteiger partial charge is 0.132 e. The Kier molecular flexibility index (Phi) is 2.06. The van der Waals surface area contributed by atoms with E-state index in [4.69, 9.17) is 11.6 Å². The van der Waals surface area contributed by atoms with Gasteiger partial charge in [-0.2, -0.15) is 5.10 Å². The van der Waals surface area contributed by atoms with Gasteiger partial charge in [0.05, 0.1) is 5.69 Å². The molecule has 0 saturated carbocycles. The molecule has 3 rings (SSSR count). The summed E-state index contributed by atoms with van der Waals surface area (Å²) < 4.78 is 0. The molecule has 0 spiro atoms. The average molecular weight is 222 g/mol. The second-order valence-electron chi connectivity index (χ2n) is 3.91. The molecular weight excluding hydrogens is 210 g/mol. The summed E-state index contributed by atoms with van der Waals surface area (Å²) in [5.74, 6) is 0. The lowest BCUT2D eigenvalue weighted by Gasteiger charge is -2.17. The maximum atomic E-state index is 6.01. The number of nitrogens with one attached hydrogen (secondary N) is 1. The number of fused-ring (bicyclic) bond motifs is 1. The first kappa shape index (κ1) is 9.04. The molecule has 3 nitrogen and oxygen atoms in total. The standard InChI is InChI=1S/C11H12ClN3/c12-11-8-4-3-5-9(10(8)13-14-11)15-6-1-2-7-15/h3-5H,1-2,6-7H2,(H,13,14). The summed E-state index contributed by atoms with van der Waals surface area (Å²) in [6.45, 7) is 2.26. The molecule has 1 aliphatic heterocycles. The molecule has 0 aliphatic carbocycles. The molecule has 1 aromatic carbocycles. The maximum absolute atomic E-state index is 6.01. The van der Waals surface area contributed by atoms with Gasteiger partial charge in [-0.05, 0) is 25.0 Å². The Bertz CT molecular complexity index is 486. The number of hydrogen-bond acceptors (Lipinski definition) is 2. The first-order chi connectivity index (χ1) is 7.36. The Labute approximate surface area is 93.0 Å². The van der Waals surface area contributed by atoms with Gasteiger partial charge in [0, 0.05) is 18.5 Å².